The maximum absolute atomic E-state index is 12.6. The number of ether oxygens (including phenoxy) is 1. The average molecular weight is 575 g/mol. The van der Waals surface area contributed by atoms with E-state index in [1.165, 1.54) is 0 Å². The van der Waals surface area contributed by atoms with Gasteiger partial charge in [0.15, 0.2) is 0 Å². The normalized spacial score (nSPS) is 21.0. The maximum Gasteiger partial charge on any atom is 0.240 e. The van der Waals surface area contributed by atoms with Crippen LogP contribution in [-0.2, 0) is 14.8 Å². The molecule has 0 unspecified atom stereocenters. The summed E-state index contributed by atoms with van der Waals surface area (Å²) in [5, 5.41) is 4.55. The van der Waals surface area contributed by atoms with E-state index in [4.69, 9.17) is 14.7 Å². The lowest BCUT2D eigenvalue weighted by molar-refractivity contribution is 0.122. The third-order valence-electron chi connectivity index (χ3n) is 7.09. The molecule has 1 aliphatic heterocycles. The topological polar surface area (TPSA) is 96.5 Å². The molecule has 1 aromatic heterocycles. The molecule has 1 saturated heterocycles. The quantitative estimate of drug-likeness (QED) is 0.411. The molecule has 2 aromatic carbocycles. The molecular weight excluding hydrogens is 542 g/mol. The Hall–Kier alpha value is -2.27. The summed E-state index contributed by atoms with van der Waals surface area (Å²) >= 11 is 3.34. The first-order valence-corrected chi connectivity index (χ1v) is 14.8. The van der Waals surface area contributed by atoms with Gasteiger partial charge >= 0.3 is 0 Å². The monoisotopic (exact) mass is 573 g/mol. The number of hydrogen-bond donors (Lipinski definition) is 2. The summed E-state index contributed by atoms with van der Waals surface area (Å²) in [6.07, 6.45) is 4.13. The van der Waals surface area contributed by atoms with Crippen LogP contribution in [-0.4, -0.2) is 57.8 Å². The van der Waals surface area contributed by atoms with Gasteiger partial charge in [0, 0.05) is 36.0 Å². The van der Waals surface area contributed by atoms with Crippen molar-refractivity contribution in [2.24, 2.45) is 11.8 Å². The Labute approximate surface area is 221 Å². The fourth-order valence-electron chi connectivity index (χ4n) is 4.96. The lowest BCUT2D eigenvalue weighted by atomic mass is 9.82. The number of para-hydroxylation sites is 1. The third-order valence-corrected chi connectivity index (χ3v) is 9.06. The Morgan fingerprint density at radius 1 is 0.917 bits per heavy atom. The smallest absolute Gasteiger partial charge is 0.240 e. The van der Waals surface area contributed by atoms with E-state index >= 15 is 0 Å². The number of morpholine rings is 1. The molecule has 0 amide bonds. The van der Waals surface area contributed by atoms with Gasteiger partial charge in [0.1, 0.15) is 5.82 Å². The molecule has 192 valence electrons. The number of fused-ring (bicyclic) bond motifs is 1. The Bertz CT molecular complexity index is 1270. The molecule has 0 atom stereocenters. The molecule has 1 aliphatic carbocycles. The molecule has 5 rings (SSSR count). The van der Waals surface area contributed by atoms with Crippen molar-refractivity contribution in [3.8, 4) is 0 Å². The zero-order valence-electron chi connectivity index (χ0n) is 20.2. The van der Waals surface area contributed by atoms with Gasteiger partial charge in [-0.2, -0.15) is 4.98 Å². The first-order chi connectivity index (χ1) is 17.5. The van der Waals surface area contributed by atoms with Crippen molar-refractivity contribution < 1.29 is 13.2 Å². The predicted octanol–water partition coefficient (Wildman–Crippen LogP) is 4.43. The molecular formula is C26H32BrN5O3S. The summed E-state index contributed by atoms with van der Waals surface area (Å²) in [6, 6.07) is 14.9. The number of anilines is 2. The molecule has 3 aromatic rings. The van der Waals surface area contributed by atoms with Crippen LogP contribution in [0.4, 0.5) is 11.8 Å². The fourth-order valence-corrected chi connectivity index (χ4v) is 6.34. The second-order valence-corrected chi connectivity index (χ2v) is 12.2. The maximum atomic E-state index is 12.6. The van der Waals surface area contributed by atoms with Crippen LogP contribution in [0.3, 0.4) is 0 Å². The van der Waals surface area contributed by atoms with Crippen LogP contribution in [0.25, 0.3) is 10.9 Å². The molecule has 2 heterocycles. The molecule has 2 fully saturated rings. The summed E-state index contributed by atoms with van der Waals surface area (Å²) < 4.78 is 34.3. The van der Waals surface area contributed by atoms with Crippen LogP contribution in [0, 0.1) is 11.8 Å². The zero-order valence-corrected chi connectivity index (χ0v) is 22.6. The number of benzene rings is 2. The van der Waals surface area contributed by atoms with E-state index in [1.54, 1.807) is 24.3 Å². The van der Waals surface area contributed by atoms with E-state index in [-0.39, 0.29) is 0 Å². The van der Waals surface area contributed by atoms with Crippen LogP contribution >= 0.6 is 15.9 Å². The highest BCUT2D eigenvalue weighted by atomic mass is 79.9. The van der Waals surface area contributed by atoms with Gasteiger partial charge in [-0.25, -0.2) is 18.1 Å². The number of rotatable bonds is 8. The number of sulfonamides is 1. The van der Waals surface area contributed by atoms with Crippen molar-refractivity contribution >= 4 is 48.6 Å². The molecule has 36 heavy (non-hydrogen) atoms. The molecule has 0 spiro atoms. The highest BCUT2D eigenvalue weighted by Crippen LogP contribution is 2.30. The van der Waals surface area contributed by atoms with Crippen molar-refractivity contribution in [2.45, 2.75) is 30.6 Å². The van der Waals surface area contributed by atoms with Crippen LogP contribution in [0.2, 0.25) is 0 Å². The molecule has 2 N–H and O–H groups in total. The lowest BCUT2D eigenvalue weighted by Gasteiger charge is -2.30. The van der Waals surface area contributed by atoms with Gasteiger partial charge in [-0.05, 0) is 73.9 Å². The number of nitrogens with one attached hydrogen (secondary N) is 2. The Balaban J connectivity index is 1.14. The summed E-state index contributed by atoms with van der Waals surface area (Å²) in [6.45, 7) is 4.38. The lowest BCUT2D eigenvalue weighted by Crippen LogP contribution is -2.37. The summed E-state index contributed by atoms with van der Waals surface area (Å²) in [5.74, 6) is 2.51. The average Bonchev–Trinajstić information content (AvgIpc) is 2.91. The predicted molar refractivity (Wildman–Crippen MR) is 146 cm³/mol. The van der Waals surface area contributed by atoms with Gasteiger partial charge in [-0.15, -0.1) is 0 Å². The van der Waals surface area contributed by atoms with E-state index < -0.39 is 10.0 Å². The molecule has 0 bridgehead atoms. The highest BCUT2D eigenvalue weighted by molar-refractivity contribution is 9.10. The minimum absolute atomic E-state index is 0.301. The van der Waals surface area contributed by atoms with Crippen molar-refractivity contribution in [1.29, 1.82) is 0 Å². The largest absolute Gasteiger partial charge is 0.378 e. The van der Waals surface area contributed by atoms with E-state index in [9.17, 15) is 8.42 Å². The number of aromatic nitrogens is 2. The molecule has 8 nitrogen and oxygen atoms in total. The van der Waals surface area contributed by atoms with E-state index in [1.807, 2.05) is 18.2 Å². The van der Waals surface area contributed by atoms with Crippen LogP contribution < -0.4 is 14.9 Å². The summed E-state index contributed by atoms with van der Waals surface area (Å²) in [5.41, 5.74) is 0.943. The van der Waals surface area contributed by atoms with Crippen LogP contribution in [0.1, 0.15) is 25.7 Å². The van der Waals surface area contributed by atoms with Crippen LogP contribution in [0.5, 0.6) is 0 Å². The zero-order chi connectivity index (χ0) is 25.0. The third kappa shape index (κ3) is 6.16. The minimum atomic E-state index is -3.48. The first-order valence-electron chi connectivity index (χ1n) is 12.6. The van der Waals surface area contributed by atoms with E-state index in [2.05, 4.69) is 36.9 Å². The van der Waals surface area contributed by atoms with Crippen molar-refractivity contribution in [3.63, 3.8) is 0 Å². The van der Waals surface area contributed by atoms with Crippen LogP contribution in [0.15, 0.2) is 57.9 Å². The van der Waals surface area contributed by atoms with Gasteiger partial charge in [-0.3, -0.25) is 0 Å². The molecule has 10 heteroatoms. The minimum Gasteiger partial charge on any atom is -0.378 e. The van der Waals surface area contributed by atoms with Crippen molar-refractivity contribution in [1.82, 2.24) is 14.7 Å². The van der Waals surface area contributed by atoms with Crippen molar-refractivity contribution in [3.05, 3.63) is 53.0 Å². The molecule has 1 saturated carbocycles. The Morgan fingerprint density at radius 3 is 2.31 bits per heavy atom. The van der Waals surface area contributed by atoms with Gasteiger partial charge in [0.05, 0.1) is 23.6 Å². The highest BCUT2D eigenvalue weighted by Gasteiger charge is 2.24. The standard InChI is InChI=1S/C26H32BrN5O3S/c27-21-9-11-22(12-10-21)36(33,34)29-18-20-7-5-19(6-8-20)17-28-26-30-24-4-2-1-3-23(24)25(31-26)32-13-15-35-16-14-32/h1-4,9-12,19-20,29H,5-8,13-18H2,(H,28,30,31). The second kappa shape index (κ2) is 11.4. The van der Waals surface area contributed by atoms with Gasteiger partial charge in [0.2, 0.25) is 16.0 Å². The fraction of sp³-hybridized carbons (Fsp3) is 0.462. The van der Waals surface area contributed by atoms with Crippen molar-refractivity contribution in [2.75, 3.05) is 49.6 Å². The number of hydrogen-bond acceptors (Lipinski definition) is 7. The Morgan fingerprint density at radius 2 is 1.58 bits per heavy atom. The first kappa shape index (κ1) is 25.4. The molecule has 0 radical (unpaired) electrons. The number of nitrogens with zero attached hydrogens (tertiary/aromatic N) is 3. The SMILES string of the molecule is O=S(=O)(NCC1CCC(CNc2nc(N3CCOCC3)c3ccccc3n2)CC1)c1ccc(Br)cc1. The molecule has 2 aliphatic rings. The van der Waals surface area contributed by atoms with Gasteiger partial charge in [0.25, 0.3) is 0 Å². The van der Waals surface area contributed by atoms with E-state index in [0.29, 0.717) is 42.4 Å². The number of halogens is 1. The van der Waals surface area contributed by atoms with E-state index in [0.717, 1.165) is 66.5 Å². The Kier molecular flexibility index (Phi) is 8.05. The second-order valence-electron chi connectivity index (χ2n) is 9.56. The summed E-state index contributed by atoms with van der Waals surface area (Å²) in [4.78, 5) is 12.2. The van der Waals surface area contributed by atoms with Gasteiger partial charge in [-0.1, -0.05) is 28.1 Å². The summed E-state index contributed by atoms with van der Waals surface area (Å²) in [7, 11) is -3.48. The van der Waals surface area contributed by atoms with Gasteiger partial charge < -0.3 is 15.0 Å².